The molecule has 8 heteroatoms. The van der Waals surface area contributed by atoms with Crippen molar-refractivity contribution in [2.45, 2.75) is 77.2 Å². The van der Waals surface area contributed by atoms with Crippen molar-refractivity contribution in [2.75, 3.05) is 20.1 Å². The maximum absolute atomic E-state index is 12.4. The normalized spacial score (nSPS) is 18.0. The molecule has 1 amide bonds. The Morgan fingerprint density at radius 1 is 1.16 bits per heavy atom. The fourth-order valence-electron chi connectivity index (χ4n) is 4.23. The average Bonchev–Trinajstić information content (AvgIpc) is 3.55. The lowest BCUT2D eigenvalue weighted by molar-refractivity contribution is 0.0134. The van der Waals surface area contributed by atoms with E-state index in [0.717, 1.165) is 43.1 Å². The number of ether oxygens (including phenoxy) is 1. The Morgan fingerprint density at radius 2 is 1.81 bits per heavy atom. The SMILES string of the molecule is CN(C(=O)OC(C)(C)C)C1CCN(Cn2nc(C3CC3)n(Cc3ccccc3)c2=S)CC1. The number of carbonyl (C=O) groups excluding carboxylic acids is 1. The van der Waals surface area contributed by atoms with Crippen LogP contribution in [-0.2, 0) is 18.0 Å². The van der Waals surface area contributed by atoms with Crippen LogP contribution in [0.25, 0.3) is 0 Å². The number of hydrogen-bond donors (Lipinski definition) is 0. The molecule has 2 heterocycles. The maximum atomic E-state index is 12.4. The van der Waals surface area contributed by atoms with Gasteiger partial charge in [0.2, 0.25) is 0 Å². The van der Waals surface area contributed by atoms with Gasteiger partial charge in [-0.05, 0) is 64.2 Å². The van der Waals surface area contributed by atoms with Crippen LogP contribution in [0, 0.1) is 4.77 Å². The van der Waals surface area contributed by atoms with E-state index in [0.29, 0.717) is 12.6 Å². The van der Waals surface area contributed by atoms with Gasteiger partial charge in [0, 0.05) is 32.1 Å². The van der Waals surface area contributed by atoms with Crippen molar-refractivity contribution < 1.29 is 9.53 Å². The van der Waals surface area contributed by atoms with Gasteiger partial charge in [0.05, 0.1) is 13.2 Å². The summed E-state index contributed by atoms with van der Waals surface area (Å²) >= 11 is 5.84. The first-order valence-corrected chi connectivity index (χ1v) is 12.0. The van der Waals surface area contributed by atoms with Gasteiger partial charge in [0.1, 0.15) is 11.4 Å². The van der Waals surface area contributed by atoms with Gasteiger partial charge in [0.25, 0.3) is 0 Å². The highest BCUT2D eigenvalue weighted by atomic mass is 32.1. The molecular weight excluding hydrogens is 422 g/mol. The van der Waals surface area contributed by atoms with Gasteiger partial charge in [0.15, 0.2) is 4.77 Å². The summed E-state index contributed by atoms with van der Waals surface area (Å²) in [4.78, 5) is 16.5. The number of rotatable bonds is 6. The lowest BCUT2D eigenvalue weighted by atomic mass is 10.0. The summed E-state index contributed by atoms with van der Waals surface area (Å²) in [5.41, 5.74) is 0.774. The van der Waals surface area contributed by atoms with Crippen molar-refractivity contribution in [2.24, 2.45) is 0 Å². The van der Waals surface area contributed by atoms with E-state index < -0.39 is 5.60 Å². The van der Waals surface area contributed by atoms with Gasteiger partial charge in [-0.3, -0.25) is 9.47 Å². The zero-order valence-corrected chi connectivity index (χ0v) is 20.5. The first kappa shape index (κ1) is 23.0. The smallest absolute Gasteiger partial charge is 0.410 e. The Balaban J connectivity index is 1.39. The first-order chi connectivity index (χ1) is 15.2. The maximum Gasteiger partial charge on any atom is 0.410 e. The van der Waals surface area contributed by atoms with Crippen LogP contribution in [0.15, 0.2) is 30.3 Å². The molecule has 1 aromatic heterocycles. The van der Waals surface area contributed by atoms with Crippen LogP contribution in [0.1, 0.15) is 63.8 Å². The highest BCUT2D eigenvalue weighted by Crippen LogP contribution is 2.39. The molecule has 174 valence electrons. The molecule has 0 spiro atoms. The van der Waals surface area contributed by atoms with Gasteiger partial charge >= 0.3 is 6.09 Å². The number of carbonyl (C=O) groups is 1. The minimum atomic E-state index is -0.472. The molecule has 2 aliphatic rings. The number of likely N-dealkylation sites (tertiary alicyclic amines) is 1. The molecule has 0 N–H and O–H groups in total. The number of amides is 1. The van der Waals surface area contributed by atoms with Gasteiger partial charge in [-0.2, -0.15) is 5.10 Å². The molecule has 1 aliphatic carbocycles. The van der Waals surface area contributed by atoms with E-state index in [2.05, 4.69) is 33.7 Å². The van der Waals surface area contributed by atoms with E-state index in [-0.39, 0.29) is 12.1 Å². The second kappa shape index (κ2) is 9.35. The molecule has 0 atom stereocenters. The molecule has 2 aromatic rings. The molecule has 1 aliphatic heterocycles. The summed E-state index contributed by atoms with van der Waals surface area (Å²) in [6.45, 7) is 8.98. The molecule has 32 heavy (non-hydrogen) atoms. The van der Waals surface area contributed by atoms with Crippen LogP contribution in [0.5, 0.6) is 0 Å². The summed E-state index contributed by atoms with van der Waals surface area (Å²) in [5, 5.41) is 4.93. The van der Waals surface area contributed by atoms with E-state index in [4.69, 9.17) is 22.1 Å². The van der Waals surface area contributed by atoms with E-state index in [1.807, 2.05) is 38.6 Å². The number of nitrogens with zero attached hydrogens (tertiary/aromatic N) is 5. The van der Waals surface area contributed by atoms with Gasteiger partial charge in [-0.15, -0.1) is 0 Å². The Kier molecular flexibility index (Phi) is 6.72. The van der Waals surface area contributed by atoms with Gasteiger partial charge in [-0.1, -0.05) is 30.3 Å². The fourth-order valence-corrected chi connectivity index (χ4v) is 4.49. The van der Waals surface area contributed by atoms with E-state index >= 15 is 0 Å². The highest BCUT2D eigenvalue weighted by molar-refractivity contribution is 7.71. The van der Waals surface area contributed by atoms with E-state index in [9.17, 15) is 4.79 Å². The zero-order valence-electron chi connectivity index (χ0n) is 19.7. The minimum Gasteiger partial charge on any atom is -0.444 e. The number of benzene rings is 1. The van der Waals surface area contributed by atoms with Crippen LogP contribution in [0.2, 0.25) is 0 Å². The van der Waals surface area contributed by atoms with Crippen molar-refractivity contribution in [1.82, 2.24) is 24.1 Å². The Hall–Kier alpha value is -2.19. The Morgan fingerprint density at radius 3 is 2.41 bits per heavy atom. The van der Waals surface area contributed by atoms with Crippen molar-refractivity contribution in [3.05, 3.63) is 46.5 Å². The summed E-state index contributed by atoms with van der Waals surface area (Å²) < 4.78 is 10.5. The predicted molar refractivity (Wildman–Crippen MR) is 127 cm³/mol. The molecule has 1 aromatic carbocycles. The molecule has 0 bridgehead atoms. The lowest BCUT2D eigenvalue weighted by Gasteiger charge is -2.37. The van der Waals surface area contributed by atoms with Crippen molar-refractivity contribution in [3.63, 3.8) is 0 Å². The minimum absolute atomic E-state index is 0.201. The van der Waals surface area contributed by atoms with E-state index in [1.165, 1.54) is 18.4 Å². The third kappa shape index (κ3) is 5.59. The summed E-state index contributed by atoms with van der Waals surface area (Å²) in [5.74, 6) is 1.66. The quantitative estimate of drug-likeness (QED) is 0.592. The second-order valence-electron chi connectivity index (χ2n) is 10.1. The van der Waals surface area contributed by atoms with Crippen LogP contribution in [0.4, 0.5) is 4.79 Å². The molecular formula is C24H35N5O2S. The third-order valence-corrected chi connectivity index (χ3v) is 6.63. The van der Waals surface area contributed by atoms with Crippen molar-refractivity contribution in [3.8, 4) is 0 Å². The second-order valence-corrected chi connectivity index (χ2v) is 10.4. The summed E-state index contributed by atoms with van der Waals surface area (Å²) in [7, 11) is 1.84. The monoisotopic (exact) mass is 457 g/mol. The van der Waals surface area contributed by atoms with Gasteiger partial charge in [-0.25, -0.2) is 9.48 Å². The topological polar surface area (TPSA) is 55.5 Å². The average molecular weight is 458 g/mol. The third-order valence-electron chi connectivity index (χ3n) is 6.20. The van der Waals surface area contributed by atoms with Crippen LogP contribution < -0.4 is 0 Å². The number of piperidine rings is 1. The summed E-state index contributed by atoms with van der Waals surface area (Å²) in [6, 6.07) is 10.7. The molecule has 7 nitrogen and oxygen atoms in total. The standard InChI is InChI=1S/C24H35N5O2S/c1-24(2,3)31-23(30)26(4)20-12-14-27(15-13-20)17-29-22(32)28(21(25-29)19-10-11-19)16-18-8-6-5-7-9-18/h5-9,19-20H,10-17H2,1-4H3. The molecule has 4 rings (SSSR count). The van der Waals surface area contributed by atoms with Crippen molar-refractivity contribution in [1.29, 1.82) is 0 Å². The zero-order chi connectivity index (χ0) is 22.9. The largest absolute Gasteiger partial charge is 0.444 e. The van der Waals surface area contributed by atoms with Gasteiger partial charge < -0.3 is 9.64 Å². The number of hydrogen-bond acceptors (Lipinski definition) is 5. The van der Waals surface area contributed by atoms with E-state index in [1.54, 1.807) is 4.90 Å². The highest BCUT2D eigenvalue weighted by Gasteiger charge is 2.32. The molecule has 0 radical (unpaired) electrons. The predicted octanol–water partition coefficient (Wildman–Crippen LogP) is 4.63. The lowest BCUT2D eigenvalue weighted by Crippen LogP contribution is -2.47. The first-order valence-electron chi connectivity index (χ1n) is 11.6. The molecule has 1 saturated carbocycles. The summed E-state index contributed by atoms with van der Waals surface area (Å²) in [6.07, 6.45) is 3.99. The van der Waals surface area contributed by atoms with Crippen LogP contribution in [-0.4, -0.2) is 62.0 Å². The molecule has 0 unspecified atom stereocenters. The Bertz CT molecular complexity index is 982. The number of aromatic nitrogens is 3. The van der Waals surface area contributed by atoms with Crippen LogP contribution >= 0.6 is 12.2 Å². The Labute approximate surface area is 196 Å². The van der Waals surface area contributed by atoms with Crippen LogP contribution in [0.3, 0.4) is 0 Å². The van der Waals surface area contributed by atoms with Crippen molar-refractivity contribution >= 4 is 18.3 Å². The molecule has 2 fully saturated rings. The fraction of sp³-hybridized carbons (Fsp3) is 0.625. The molecule has 1 saturated heterocycles.